The summed E-state index contributed by atoms with van der Waals surface area (Å²) in [5, 5.41) is 3.17. The number of amides is 1. The Kier molecular flexibility index (Phi) is 4.03. The third kappa shape index (κ3) is 3.12. The van der Waals surface area contributed by atoms with Crippen LogP contribution >= 0.6 is 0 Å². The number of benzene rings is 1. The SMILES string of the molecule is CC1(C)CC(C/C=C/c2ccccc2)C(=O)NC1(C)C. The first-order valence-electron chi connectivity index (χ1n) is 7.35. The van der Waals surface area contributed by atoms with Gasteiger partial charge in [-0.1, -0.05) is 56.3 Å². The van der Waals surface area contributed by atoms with Gasteiger partial charge in [0.25, 0.3) is 0 Å². The van der Waals surface area contributed by atoms with E-state index in [0.29, 0.717) is 0 Å². The van der Waals surface area contributed by atoms with E-state index < -0.39 is 0 Å². The molecule has 2 rings (SSSR count). The molecule has 1 aliphatic heterocycles. The van der Waals surface area contributed by atoms with Gasteiger partial charge in [0, 0.05) is 11.5 Å². The van der Waals surface area contributed by atoms with Crippen LogP contribution in [-0.2, 0) is 4.79 Å². The second-order valence-electron chi connectivity index (χ2n) is 6.95. The lowest BCUT2D eigenvalue weighted by molar-refractivity contribution is -0.134. The predicted octanol–water partition coefficient (Wildman–Crippen LogP) is 4.03. The fourth-order valence-electron chi connectivity index (χ4n) is 2.67. The Bertz CT molecular complexity index is 499. The molecule has 1 heterocycles. The highest BCUT2D eigenvalue weighted by Crippen LogP contribution is 2.41. The lowest BCUT2D eigenvalue weighted by atomic mass is 9.65. The lowest BCUT2D eigenvalue weighted by Crippen LogP contribution is -2.60. The summed E-state index contributed by atoms with van der Waals surface area (Å²) in [5.74, 6) is 0.269. The lowest BCUT2D eigenvalue weighted by Gasteiger charge is -2.48. The van der Waals surface area contributed by atoms with Crippen LogP contribution in [0.3, 0.4) is 0 Å². The maximum Gasteiger partial charge on any atom is 0.223 e. The molecule has 1 fully saturated rings. The fraction of sp³-hybridized carbons (Fsp3) is 0.500. The Labute approximate surface area is 122 Å². The quantitative estimate of drug-likeness (QED) is 0.883. The van der Waals surface area contributed by atoms with Gasteiger partial charge >= 0.3 is 0 Å². The standard InChI is InChI=1S/C18H25NO/c1-17(2)13-15(16(20)19-18(17,3)4)12-8-11-14-9-6-5-7-10-14/h5-11,15H,12-13H2,1-4H3,(H,19,20)/b11-8+. The molecule has 20 heavy (non-hydrogen) atoms. The summed E-state index contributed by atoms with van der Waals surface area (Å²) in [6.45, 7) is 8.70. The molecule has 1 aromatic carbocycles. The highest BCUT2D eigenvalue weighted by molar-refractivity contribution is 5.81. The van der Waals surface area contributed by atoms with Crippen molar-refractivity contribution in [2.24, 2.45) is 11.3 Å². The fourth-order valence-corrected chi connectivity index (χ4v) is 2.67. The number of nitrogens with one attached hydrogen (secondary N) is 1. The van der Waals surface area contributed by atoms with Crippen molar-refractivity contribution < 1.29 is 4.79 Å². The molecule has 2 nitrogen and oxygen atoms in total. The van der Waals surface area contributed by atoms with Crippen LogP contribution in [0.15, 0.2) is 36.4 Å². The molecule has 1 aromatic rings. The van der Waals surface area contributed by atoms with Gasteiger partial charge < -0.3 is 5.32 Å². The highest BCUT2D eigenvalue weighted by Gasteiger charge is 2.45. The number of carbonyl (C=O) groups excluding carboxylic acids is 1. The van der Waals surface area contributed by atoms with Gasteiger partial charge in [0.1, 0.15) is 0 Å². The van der Waals surface area contributed by atoms with Gasteiger partial charge in [-0.05, 0) is 37.7 Å². The highest BCUT2D eigenvalue weighted by atomic mass is 16.2. The molecule has 1 atom stereocenters. The molecular weight excluding hydrogens is 246 g/mol. The minimum absolute atomic E-state index is 0.0815. The van der Waals surface area contributed by atoms with Gasteiger partial charge in [-0.25, -0.2) is 0 Å². The van der Waals surface area contributed by atoms with Crippen molar-refractivity contribution in [1.29, 1.82) is 0 Å². The number of piperidine rings is 1. The molecule has 0 saturated carbocycles. The first-order valence-corrected chi connectivity index (χ1v) is 7.35. The Morgan fingerprint density at radius 3 is 2.50 bits per heavy atom. The zero-order valence-corrected chi connectivity index (χ0v) is 12.9. The molecule has 0 aliphatic carbocycles. The minimum atomic E-state index is -0.135. The average Bonchev–Trinajstić information content (AvgIpc) is 2.36. The Hall–Kier alpha value is -1.57. The van der Waals surface area contributed by atoms with Crippen LogP contribution < -0.4 is 5.32 Å². The van der Waals surface area contributed by atoms with Gasteiger partial charge in [0.05, 0.1) is 0 Å². The molecular formula is C18H25NO. The molecule has 0 aromatic heterocycles. The average molecular weight is 271 g/mol. The molecule has 1 unspecified atom stereocenters. The van der Waals surface area contributed by atoms with E-state index in [1.54, 1.807) is 0 Å². The molecule has 1 N–H and O–H groups in total. The topological polar surface area (TPSA) is 29.1 Å². The molecule has 1 aliphatic rings. The summed E-state index contributed by atoms with van der Waals surface area (Å²) >= 11 is 0. The number of rotatable bonds is 3. The number of hydrogen-bond donors (Lipinski definition) is 1. The normalized spacial score (nSPS) is 24.6. The van der Waals surface area contributed by atoms with Gasteiger partial charge in [-0.3, -0.25) is 4.79 Å². The summed E-state index contributed by atoms with van der Waals surface area (Å²) in [4.78, 5) is 12.2. The molecule has 0 radical (unpaired) electrons. The van der Waals surface area contributed by atoms with E-state index in [4.69, 9.17) is 0 Å². The van der Waals surface area contributed by atoms with Crippen molar-refractivity contribution in [2.75, 3.05) is 0 Å². The second kappa shape index (κ2) is 5.43. The number of carbonyl (C=O) groups is 1. The first kappa shape index (κ1) is 14.8. The Morgan fingerprint density at radius 2 is 1.85 bits per heavy atom. The van der Waals surface area contributed by atoms with Crippen molar-refractivity contribution >= 4 is 12.0 Å². The van der Waals surface area contributed by atoms with Crippen LogP contribution in [0.2, 0.25) is 0 Å². The van der Waals surface area contributed by atoms with Crippen LogP contribution in [0.5, 0.6) is 0 Å². The van der Waals surface area contributed by atoms with Gasteiger partial charge in [-0.2, -0.15) is 0 Å². The van der Waals surface area contributed by atoms with Crippen molar-refractivity contribution in [2.45, 2.75) is 46.1 Å². The van der Waals surface area contributed by atoms with Crippen molar-refractivity contribution in [3.05, 3.63) is 42.0 Å². The second-order valence-corrected chi connectivity index (χ2v) is 6.95. The summed E-state index contributed by atoms with van der Waals surface area (Å²) in [7, 11) is 0. The van der Waals surface area contributed by atoms with Gasteiger partial charge in [0.2, 0.25) is 5.91 Å². The molecule has 1 amide bonds. The summed E-state index contributed by atoms with van der Waals surface area (Å²) < 4.78 is 0. The molecule has 2 heteroatoms. The monoisotopic (exact) mass is 271 g/mol. The van der Waals surface area contributed by atoms with Crippen LogP contribution in [0.1, 0.15) is 46.1 Å². The molecule has 0 bridgehead atoms. The third-order valence-electron chi connectivity index (χ3n) is 4.79. The zero-order valence-electron chi connectivity index (χ0n) is 12.9. The van der Waals surface area contributed by atoms with Gasteiger partial charge in [0.15, 0.2) is 0 Å². The maximum absolute atomic E-state index is 12.2. The number of hydrogen-bond acceptors (Lipinski definition) is 1. The third-order valence-corrected chi connectivity index (χ3v) is 4.79. The smallest absolute Gasteiger partial charge is 0.223 e. The van der Waals surface area contributed by atoms with Gasteiger partial charge in [-0.15, -0.1) is 0 Å². The molecule has 108 valence electrons. The van der Waals surface area contributed by atoms with Crippen molar-refractivity contribution in [1.82, 2.24) is 5.32 Å². The van der Waals surface area contributed by atoms with E-state index in [1.165, 1.54) is 5.56 Å². The summed E-state index contributed by atoms with van der Waals surface area (Å²) in [6.07, 6.45) is 5.96. The summed E-state index contributed by atoms with van der Waals surface area (Å²) in [6, 6.07) is 10.2. The molecule has 0 spiro atoms. The van der Waals surface area contributed by atoms with E-state index >= 15 is 0 Å². The van der Waals surface area contributed by atoms with E-state index in [-0.39, 0.29) is 22.8 Å². The van der Waals surface area contributed by atoms with Crippen LogP contribution in [0.25, 0.3) is 6.08 Å². The van der Waals surface area contributed by atoms with E-state index in [0.717, 1.165) is 12.8 Å². The summed E-state index contributed by atoms with van der Waals surface area (Å²) in [5.41, 5.74) is 1.17. The van der Waals surface area contributed by atoms with E-state index in [1.807, 2.05) is 18.2 Å². The van der Waals surface area contributed by atoms with Crippen LogP contribution in [0, 0.1) is 11.3 Å². The minimum Gasteiger partial charge on any atom is -0.350 e. The maximum atomic E-state index is 12.2. The zero-order chi connectivity index (χ0) is 14.8. The first-order chi connectivity index (χ1) is 9.32. The largest absolute Gasteiger partial charge is 0.350 e. The van der Waals surface area contributed by atoms with E-state index in [9.17, 15) is 4.79 Å². The molecule has 1 saturated heterocycles. The number of allylic oxidation sites excluding steroid dienone is 1. The Morgan fingerprint density at radius 1 is 1.20 bits per heavy atom. The van der Waals surface area contributed by atoms with Crippen molar-refractivity contribution in [3.8, 4) is 0 Å². The van der Waals surface area contributed by atoms with E-state index in [2.05, 4.69) is 57.3 Å². The van der Waals surface area contributed by atoms with Crippen LogP contribution in [-0.4, -0.2) is 11.4 Å². The van der Waals surface area contributed by atoms with Crippen LogP contribution in [0.4, 0.5) is 0 Å². The predicted molar refractivity (Wildman–Crippen MR) is 84.2 cm³/mol. The van der Waals surface area contributed by atoms with Crippen molar-refractivity contribution in [3.63, 3.8) is 0 Å². The Balaban J connectivity index is 2.00.